The van der Waals surface area contributed by atoms with E-state index in [4.69, 9.17) is 18.5 Å². The number of rotatable bonds is 38. The van der Waals surface area contributed by atoms with Gasteiger partial charge < -0.3 is 33.0 Å². The number of hydrogen-bond donors (Lipinski definition) is 1. The number of esters is 1. The molecule has 0 aliphatic carbocycles. The van der Waals surface area contributed by atoms with Crippen LogP contribution in [0.25, 0.3) is 0 Å². The summed E-state index contributed by atoms with van der Waals surface area (Å²) < 4.78 is 34.2. The standard InChI is InChI=1S/C46H80NO8P/c1-6-8-10-12-14-16-18-20-21-22-24-26-28-30-32-34-40-52-45(43-55-56(50,51)54-41-39-47(3,4)5)42-53-46(49)38-35-37-44(48)36-33-31-29-27-25-23-19-17-15-13-11-9-7-2/h9,11,15,17,20-21,23,25,29,31,33-34,36,40,44-45,48H,6-8,10,12-14,16,18-19,22,24,26-28,30,32,35,37-39,41-43H2,1-5H3/b11-9-,17-15-,21-20-,25-23-,31-29-,36-33+,40-34+/t44?,45-/m1/s1. The predicted octanol–water partition coefficient (Wildman–Crippen LogP) is 11.2. The third kappa shape index (κ3) is 41.1. The van der Waals surface area contributed by atoms with Gasteiger partial charge in [0.15, 0.2) is 6.10 Å². The van der Waals surface area contributed by atoms with Gasteiger partial charge in [-0.15, -0.1) is 0 Å². The molecule has 0 spiro atoms. The van der Waals surface area contributed by atoms with Gasteiger partial charge in [0.05, 0.1) is 40.1 Å². The molecule has 0 aliphatic rings. The molecule has 0 rings (SSSR count). The lowest BCUT2D eigenvalue weighted by atomic mass is 10.1. The molecule has 2 unspecified atom stereocenters. The fourth-order valence-corrected chi connectivity index (χ4v) is 5.93. The normalized spacial score (nSPS) is 15.1. The molecule has 9 nitrogen and oxygen atoms in total. The van der Waals surface area contributed by atoms with Crippen LogP contribution in [-0.4, -0.2) is 75.3 Å². The highest BCUT2D eigenvalue weighted by atomic mass is 31.2. The highest BCUT2D eigenvalue weighted by molar-refractivity contribution is 7.45. The van der Waals surface area contributed by atoms with Gasteiger partial charge in [0.1, 0.15) is 19.8 Å². The van der Waals surface area contributed by atoms with Crippen LogP contribution in [0, 0.1) is 0 Å². The molecule has 0 saturated carbocycles. The van der Waals surface area contributed by atoms with E-state index in [1.807, 2.05) is 45.4 Å². The van der Waals surface area contributed by atoms with E-state index < -0.39 is 26.0 Å². The quantitative estimate of drug-likeness (QED) is 0.0125. The summed E-state index contributed by atoms with van der Waals surface area (Å²) >= 11 is 0. The third-order valence-corrected chi connectivity index (χ3v) is 9.59. The SMILES string of the molecule is CC/C=C\C/C=C\C/C=C\C/C=C\C=C\C(O)CCCC(=O)OC[C@H](COP(=O)([O-])OCC[N+](C)(C)C)O/C=C/CCCCCC/C=C\CCCCCCCC. The minimum atomic E-state index is -4.57. The molecular formula is C46H80NO8P. The fraction of sp³-hybridized carbons (Fsp3) is 0.674. The van der Waals surface area contributed by atoms with Crippen molar-refractivity contribution in [1.82, 2.24) is 0 Å². The van der Waals surface area contributed by atoms with Crippen molar-refractivity contribution in [3.8, 4) is 0 Å². The Morgan fingerprint density at radius 3 is 1.88 bits per heavy atom. The summed E-state index contributed by atoms with van der Waals surface area (Å²) in [5.41, 5.74) is 0. The minimum absolute atomic E-state index is 0.00927. The van der Waals surface area contributed by atoms with Crippen molar-refractivity contribution in [1.29, 1.82) is 0 Å². The minimum Gasteiger partial charge on any atom is -0.756 e. The van der Waals surface area contributed by atoms with Crippen LogP contribution in [0.3, 0.4) is 0 Å². The molecule has 10 heteroatoms. The molecule has 0 amide bonds. The average molecular weight is 806 g/mol. The van der Waals surface area contributed by atoms with Crippen molar-refractivity contribution in [2.24, 2.45) is 0 Å². The molecule has 0 heterocycles. The Morgan fingerprint density at radius 1 is 0.696 bits per heavy atom. The highest BCUT2D eigenvalue weighted by Gasteiger charge is 2.19. The van der Waals surface area contributed by atoms with Gasteiger partial charge in [0.2, 0.25) is 0 Å². The second kappa shape index (κ2) is 38.0. The van der Waals surface area contributed by atoms with Gasteiger partial charge in [-0.1, -0.05) is 132 Å². The van der Waals surface area contributed by atoms with Crippen LogP contribution in [0.5, 0.6) is 0 Å². The maximum Gasteiger partial charge on any atom is 0.305 e. The summed E-state index contributed by atoms with van der Waals surface area (Å²) in [5.74, 6) is -0.459. The van der Waals surface area contributed by atoms with Gasteiger partial charge in [0.25, 0.3) is 7.82 Å². The number of aliphatic hydroxyl groups excluding tert-OH is 1. The second-order valence-corrected chi connectivity index (χ2v) is 16.6. The molecule has 0 aromatic carbocycles. The lowest BCUT2D eigenvalue weighted by molar-refractivity contribution is -0.870. The molecule has 322 valence electrons. The van der Waals surface area contributed by atoms with Crippen LogP contribution in [-0.2, 0) is 27.9 Å². The number of ether oxygens (including phenoxy) is 2. The Labute approximate surface area is 342 Å². The number of phosphoric acid groups is 1. The number of carbonyl (C=O) groups excluding carboxylic acids is 1. The number of aliphatic hydroxyl groups is 1. The van der Waals surface area contributed by atoms with Gasteiger partial charge in [0, 0.05) is 6.42 Å². The van der Waals surface area contributed by atoms with Crippen molar-refractivity contribution in [3.63, 3.8) is 0 Å². The molecule has 0 bridgehead atoms. The van der Waals surface area contributed by atoms with E-state index in [-0.39, 0.29) is 26.2 Å². The first-order valence-corrected chi connectivity index (χ1v) is 22.9. The maximum atomic E-state index is 12.5. The number of quaternary nitrogens is 1. The van der Waals surface area contributed by atoms with Crippen molar-refractivity contribution in [2.45, 2.75) is 154 Å². The molecular weight excluding hydrogens is 725 g/mol. The van der Waals surface area contributed by atoms with E-state index >= 15 is 0 Å². The van der Waals surface area contributed by atoms with Crippen molar-refractivity contribution in [2.75, 3.05) is 47.5 Å². The molecule has 3 atom stereocenters. The Hall–Kier alpha value is -2.52. The van der Waals surface area contributed by atoms with Crippen molar-refractivity contribution < 1.29 is 42.4 Å². The number of phosphoric ester groups is 1. The van der Waals surface area contributed by atoms with Crippen LogP contribution in [0.2, 0.25) is 0 Å². The first-order valence-electron chi connectivity index (χ1n) is 21.5. The molecule has 0 aromatic heterocycles. The Kier molecular flexibility index (Phi) is 36.3. The van der Waals surface area contributed by atoms with Crippen LogP contribution in [0.15, 0.2) is 85.3 Å². The lowest BCUT2D eigenvalue weighted by Crippen LogP contribution is -2.37. The summed E-state index contributed by atoms with van der Waals surface area (Å²) in [7, 11) is 1.24. The van der Waals surface area contributed by atoms with Gasteiger partial charge >= 0.3 is 5.97 Å². The molecule has 0 aromatic rings. The summed E-state index contributed by atoms with van der Waals surface area (Å²) in [4.78, 5) is 24.8. The fourth-order valence-electron chi connectivity index (χ4n) is 5.20. The Bertz CT molecular complexity index is 1180. The zero-order valence-corrected chi connectivity index (χ0v) is 36.8. The predicted molar refractivity (Wildman–Crippen MR) is 232 cm³/mol. The number of likely N-dealkylation sites (N-methyl/N-ethyl adjacent to an activating group) is 1. The maximum absolute atomic E-state index is 12.5. The number of unbranched alkanes of at least 4 members (excludes halogenated alkanes) is 11. The van der Waals surface area contributed by atoms with Gasteiger partial charge in [-0.25, -0.2) is 0 Å². The van der Waals surface area contributed by atoms with Crippen molar-refractivity contribution >= 4 is 13.8 Å². The molecule has 1 N–H and O–H groups in total. The third-order valence-electron chi connectivity index (χ3n) is 8.62. The lowest BCUT2D eigenvalue weighted by Gasteiger charge is -2.28. The van der Waals surface area contributed by atoms with Gasteiger partial charge in [-0.3, -0.25) is 9.36 Å². The number of allylic oxidation sites excluding steroid dienone is 12. The molecule has 0 radical (unpaired) electrons. The second-order valence-electron chi connectivity index (χ2n) is 15.2. The van der Waals surface area contributed by atoms with E-state index in [0.717, 1.165) is 51.4 Å². The Balaban J connectivity index is 4.54. The summed E-state index contributed by atoms with van der Waals surface area (Å²) in [5, 5.41) is 10.3. The van der Waals surface area contributed by atoms with E-state index in [9.17, 15) is 19.4 Å². The van der Waals surface area contributed by atoms with Crippen LogP contribution >= 0.6 is 7.82 Å². The molecule has 0 aliphatic heterocycles. The first-order chi connectivity index (χ1) is 27.0. The summed E-state index contributed by atoms with van der Waals surface area (Å²) in [6.07, 6.45) is 47.3. The average Bonchev–Trinajstić information content (AvgIpc) is 3.14. The molecule has 56 heavy (non-hydrogen) atoms. The monoisotopic (exact) mass is 806 g/mol. The largest absolute Gasteiger partial charge is 0.756 e. The van der Waals surface area contributed by atoms with Gasteiger partial charge in [-0.05, 0) is 83.1 Å². The summed E-state index contributed by atoms with van der Waals surface area (Å²) in [6, 6.07) is 0. The summed E-state index contributed by atoms with van der Waals surface area (Å²) in [6.45, 7) is 4.33. The van der Waals surface area contributed by atoms with Gasteiger partial charge in [-0.2, -0.15) is 0 Å². The molecule has 0 saturated heterocycles. The first kappa shape index (κ1) is 53.5. The van der Waals surface area contributed by atoms with Crippen LogP contribution < -0.4 is 4.89 Å². The zero-order chi connectivity index (χ0) is 41.4. The number of carbonyl (C=O) groups is 1. The van der Waals surface area contributed by atoms with Crippen LogP contribution in [0.1, 0.15) is 142 Å². The van der Waals surface area contributed by atoms with E-state index in [1.54, 1.807) is 6.08 Å². The number of hydrogen-bond acceptors (Lipinski definition) is 8. The topological polar surface area (TPSA) is 114 Å². The van der Waals surface area contributed by atoms with Crippen molar-refractivity contribution in [3.05, 3.63) is 85.3 Å². The highest BCUT2D eigenvalue weighted by Crippen LogP contribution is 2.38. The van der Waals surface area contributed by atoms with E-state index in [2.05, 4.69) is 62.5 Å². The smallest absolute Gasteiger partial charge is 0.305 e. The Morgan fingerprint density at radius 2 is 1.27 bits per heavy atom. The van der Waals surface area contributed by atoms with E-state index in [0.29, 0.717) is 23.9 Å². The zero-order valence-electron chi connectivity index (χ0n) is 35.9. The molecule has 0 fully saturated rings. The number of nitrogens with zero attached hydrogens (tertiary/aromatic N) is 1. The van der Waals surface area contributed by atoms with E-state index in [1.165, 1.54) is 64.0 Å². The van der Waals surface area contributed by atoms with Crippen LogP contribution in [0.4, 0.5) is 0 Å².